The van der Waals surface area contributed by atoms with Crippen molar-refractivity contribution in [2.24, 2.45) is 11.7 Å². The highest BCUT2D eigenvalue weighted by molar-refractivity contribution is 5.38. The summed E-state index contributed by atoms with van der Waals surface area (Å²) in [5.41, 5.74) is 7.37. The highest BCUT2D eigenvalue weighted by Gasteiger charge is 2.29. The first-order chi connectivity index (χ1) is 9.78. The first kappa shape index (κ1) is 13.9. The van der Waals surface area contributed by atoms with E-state index < -0.39 is 0 Å². The maximum Gasteiger partial charge on any atom is 0.122 e. The molecule has 1 saturated heterocycles. The predicted octanol–water partition coefficient (Wildman–Crippen LogP) is 2.61. The molecule has 0 saturated carbocycles. The Morgan fingerprint density at radius 2 is 2.15 bits per heavy atom. The van der Waals surface area contributed by atoms with Gasteiger partial charge in [0.15, 0.2) is 0 Å². The molecule has 2 aliphatic rings. The minimum Gasteiger partial charge on any atom is -0.493 e. The summed E-state index contributed by atoms with van der Waals surface area (Å²) >= 11 is 0. The Morgan fingerprint density at radius 3 is 3.00 bits per heavy atom. The van der Waals surface area contributed by atoms with Gasteiger partial charge >= 0.3 is 0 Å². The fraction of sp³-hybridized carbons (Fsp3) is 0.647. The van der Waals surface area contributed by atoms with Crippen LogP contribution in [0.15, 0.2) is 24.3 Å². The molecule has 3 unspecified atom stereocenters. The minimum absolute atomic E-state index is 0.564. The van der Waals surface area contributed by atoms with E-state index in [0.29, 0.717) is 12.0 Å². The van der Waals surface area contributed by atoms with E-state index in [1.165, 1.54) is 24.9 Å². The van der Waals surface area contributed by atoms with E-state index in [9.17, 15) is 0 Å². The van der Waals surface area contributed by atoms with Crippen LogP contribution in [0.5, 0.6) is 5.75 Å². The average Bonchev–Trinajstić information content (AvgIpc) is 2.49. The molecular formula is C17H26N2O. The Kier molecular flexibility index (Phi) is 4.27. The lowest BCUT2D eigenvalue weighted by Crippen LogP contribution is -2.48. The van der Waals surface area contributed by atoms with Crippen molar-refractivity contribution in [1.82, 2.24) is 4.90 Å². The molecule has 3 rings (SSSR count). The van der Waals surface area contributed by atoms with Crippen molar-refractivity contribution in [3.63, 3.8) is 0 Å². The molecule has 1 fully saturated rings. The van der Waals surface area contributed by atoms with Gasteiger partial charge in [-0.15, -0.1) is 0 Å². The van der Waals surface area contributed by atoms with Gasteiger partial charge in [-0.05, 0) is 43.4 Å². The predicted molar refractivity (Wildman–Crippen MR) is 82.1 cm³/mol. The van der Waals surface area contributed by atoms with E-state index in [1.807, 2.05) is 0 Å². The molecule has 1 aromatic rings. The zero-order valence-corrected chi connectivity index (χ0v) is 12.4. The molecule has 20 heavy (non-hydrogen) atoms. The molecule has 0 aliphatic carbocycles. The van der Waals surface area contributed by atoms with E-state index in [2.05, 4.69) is 36.1 Å². The van der Waals surface area contributed by atoms with Crippen LogP contribution in [0.3, 0.4) is 0 Å². The van der Waals surface area contributed by atoms with Gasteiger partial charge < -0.3 is 10.5 Å². The molecular weight excluding hydrogens is 248 g/mol. The maximum atomic E-state index is 5.99. The second kappa shape index (κ2) is 6.15. The lowest BCUT2D eigenvalue weighted by Gasteiger charge is -2.40. The van der Waals surface area contributed by atoms with Crippen molar-refractivity contribution in [3.8, 4) is 5.75 Å². The van der Waals surface area contributed by atoms with Gasteiger partial charge in [-0.2, -0.15) is 0 Å². The molecule has 2 aliphatic heterocycles. The molecule has 0 spiro atoms. The number of rotatable bonds is 3. The van der Waals surface area contributed by atoms with Gasteiger partial charge in [-0.25, -0.2) is 0 Å². The largest absolute Gasteiger partial charge is 0.493 e. The summed E-state index contributed by atoms with van der Waals surface area (Å²) in [4.78, 5) is 2.62. The number of fused-ring (bicyclic) bond motifs is 1. The average molecular weight is 274 g/mol. The van der Waals surface area contributed by atoms with Crippen LogP contribution in [0.25, 0.3) is 0 Å². The lowest BCUT2D eigenvalue weighted by atomic mass is 9.88. The summed E-state index contributed by atoms with van der Waals surface area (Å²) in [6.45, 7) is 6.32. The van der Waals surface area contributed by atoms with E-state index in [0.717, 1.165) is 37.8 Å². The zero-order valence-electron chi connectivity index (χ0n) is 12.4. The number of para-hydroxylation sites is 1. The van der Waals surface area contributed by atoms with Crippen LogP contribution in [-0.4, -0.2) is 37.2 Å². The molecule has 0 bridgehead atoms. The Hall–Kier alpha value is -1.06. The number of piperidine rings is 1. The van der Waals surface area contributed by atoms with E-state index >= 15 is 0 Å². The van der Waals surface area contributed by atoms with Gasteiger partial charge in [0, 0.05) is 25.0 Å². The summed E-state index contributed by atoms with van der Waals surface area (Å²) in [5, 5.41) is 0. The molecule has 2 N–H and O–H groups in total. The van der Waals surface area contributed by atoms with E-state index in [-0.39, 0.29) is 0 Å². The molecule has 3 atom stereocenters. The lowest BCUT2D eigenvalue weighted by molar-refractivity contribution is 0.107. The second-order valence-electron chi connectivity index (χ2n) is 6.39. The molecule has 0 radical (unpaired) electrons. The van der Waals surface area contributed by atoms with Crippen molar-refractivity contribution >= 4 is 0 Å². The SMILES string of the molecule is CC1CCN(CC2CCOc3ccccc32)C(CN)C1. The van der Waals surface area contributed by atoms with Gasteiger partial charge in [0.1, 0.15) is 5.75 Å². The van der Waals surface area contributed by atoms with Crippen LogP contribution in [0.2, 0.25) is 0 Å². The van der Waals surface area contributed by atoms with E-state index in [4.69, 9.17) is 10.5 Å². The first-order valence-electron chi connectivity index (χ1n) is 7.93. The third kappa shape index (κ3) is 2.84. The number of nitrogens with zero attached hydrogens (tertiary/aromatic N) is 1. The fourth-order valence-electron chi connectivity index (χ4n) is 3.67. The number of likely N-dealkylation sites (tertiary alicyclic amines) is 1. The van der Waals surface area contributed by atoms with Gasteiger partial charge in [0.05, 0.1) is 6.61 Å². The smallest absolute Gasteiger partial charge is 0.122 e. The molecule has 0 amide bonds. The number of nitrogens with two attached hydrogens (primary N) is 1. The van der Waals surface area contributed by atoms with Crippen LogP contribution in [0.4, 0.5) is 0 Å². The Bertz CT molecular complexity index is 448. The maximum absolute atomic E-state index is 5.99. The Morgan fingerprint density at radius 1 is 1.30 bits per heavy atom. The van der Waals surface area contributed by atoms with Crippen molar-refractivity contribution < 1.29 is 4.74 Å². The normalized spacial score (nSPS) is 30.6. The first-order valence-corrected chi connectivity index (χ1v) is 7.93. The Labute approximate surface area is 122 Å². The third-order valence-electron chi connectivity index (χ3n) is 4.91. The highest BCUT2D eigenvalue weighted by atomic mass is 16.5. The summed E-state index contributed by atoms with van der Waals surface area (Å²) in [6, 6.07) is 9.07. The number of hydrogen-bond acceptors (Lipinski definition) is 3. The molecule has 3 nitrogen and oxygen atoms in total. The monoisotopic (exact) mass is 274 g/mol. The Balaban J connectivity index is 1.72. The third-order valence-corrected chi connectivity index (χ3v) is 4.91. The van der Waals surface area contributed by atoms with Gasteiger partial charge in [0.25, 0.3) is 0 Å². The quantitative estimate of drug-likeness (QED) is 0.921. The van der Waals surface area contributed by atoms with Crippen molar-refractivity contribution in [3.05, 3.63) is 29.8 Å². The minimum atomic E-state index is 0.564. The number of benzene rings is 1. The van der Waals surface area contributed by atoms with Crippen molar-refractivity contribution in [1.29, 1.82) is 0 Å². The summed E-state index contributed by atoms with van der Waals surface area (Å²) in [6.07, 6.45) is 3.68. The fourth-order valence-corrected chi connectivity index (χ4v) is 3.67. The summed E-state index contributed by atoms with van der Waals surface area (Å²) in [7, 11) is 0. The number of ether oxygens (including phenoxy) is 1. The van der Waals surface area contributed by atoms with Crippen molar-refractivity contribution in [2.75, 3.05) is 26.2 Å². The summed E-state index contributed by atoms with van der Waals surface area (Å²) in [5.74, 6) is 2.50. The van der Waals surface area contributed by atoms with Crippen LogP contribution in [0.1, 0.15) is 37.7 Å². The molecule has 3 heteroatoms. The highest BCUT2D eigenvalue weighted by Crippen LogP contribution is 2.35. The molecule has 0 aromatic heterocycles. The van der Waals surface area contributed by atoms with E-state index in [1.54, 1.807) is 0 Å². The van der Waals surface area contributed by atoms with Gasteiger partial charge in [-0.3, -0.25) is 4.90 Å². The second-order valence-corrected chi connectivity index (χ2v) is 6.39. The molecule has 110 valence electrons. The van der Waals surface area contributed by atoms with Gasteiger partial charge in [0.2, 0.25) is 0 Å². The standard InChI is InChI=1S/C17H26N2O/c1-13-6-8-19(15(10-13)11-18)12-14-7-9-20-17-5-3-2-4-16(14)17/h2-5,13-15H,6-12,18H2,1H3. The molecule has 2 heterocycles. The zero-order chi connectivity index (χ0) is 13.9. The van der Waals surface area contributed by atoms with Gasteiger partial charge in [-0.1, -0.05) is 25.1 Å². The van der Waals surface area contributed by atoms with Crippen LogP contribution in [0, 0.1) is 5.92 Å². The van der Waals surface area contributed by atoms with Crippen molar-refractivity contribution in [2.45, 2.75) is 38.1 Å². The topological polar surface area (TPSA) is 38.5 Å². The number of hydrogen-bond donors (Lipinski definition) is 1. The summed E-state index contributed by atoms with van der Waals surface area (Å²) < 4.78 is 5.77. The molecule has 1 aromatic carbocycles. The van der Waals surface area contributed by atoms with Crippen LogP contribution in [-0.2, 0) is 0 Å². The van der Waals surface area contributed by atoms with Crippen LogP contribution < -0.4 is 10.5 Å². The van der Waals surface area contributed by atoms with Crippen LogP contribution >= 0.6 is 0 Å².